The lowest BCUT2D eigenvalue weighted by Crippen LogP contribution is -2.03. The normalized spacial score (nSPS) is 10.7. The number of nitrogens with one attached hydrogen (secondary N) is 1. The van der Waals surface area contributed by atoms with Crippen LogP contribution in [-0.4, -0.2) is 16.6 Å². The number of rotatable bonds is 3. The highest BCUT2D eigenvalue weighted by Crippen LogP contribution is 2.25. The van der Waals surface area contributed by atoms with Crippen LogP contribution in [0.3, 0.4) is 0 Å². The van der Waals surface area contributed by atoms with Gasteiger partial charge in [-0.3, -0.25) is 0 Å². The second kappa shape index (κ2) is 3.94. The fourth-order valence-corrected chi connectivity index (χ4v) is 2.22. The van der Waals surface area contributed by atoms with Gasteiger partial charge in [0.25, 0.3) is 0 Å². The van der Waals surface area contributed by atoms with Gasteiger partial charge >= 0.3 is 0 Å². The highest BCUT2D eigenvalue weighted by atomic mass is 32.1. The Bertz CT molecular complexity index is 416. The first-order chi connectivity index (χ1) is 6.79. The van der Waals surface area contributed by atoms with E-state index in [2.05, 4.69) is 21.7 Å². The number of aromatic nitrogens is 2. The summed E-state index contributed by atoms with van der Waals surface area (Å²) >= 11 is 1.74. The molecule has 0 radical (unpaired) electrons. The molecule has 0 aliphatic rings. The smallest absolute Gasteiger partial charge is 0.0981 e. The van der Waals surface area contributed by atoms with Crippen molar-refractivity contribution in [2.45, 2.75) is 6.54 Å². The maximum atomic E-state index is 4.31. The molecular formula is C10H13N3S. The van der Waals surface area contributed by atoms with Crippen molar-refractivity contribution >= 4 is 11.3 Å². The van der Waals surface area contributed by atoms with Gasteiger partial charge in [-0.05, 0) is 24.1 Å². The number of hydrogen-bond acceptors (Lipinski definition) is 3. The van der Waals surface area contributed by atoms with Crippen LogP contribution in [0.15, 0.2) is 24.0 Å². The zero-order chi connectivity index (χ0) is 9.97. The number of imidazole rings is 1. The van der Waals surface area contributed by atoms with E-state index in [0.717, 1.165) is 12.2 Å². The predicted molar refractivity (Wildman–Crippen MR) is 59.3 cm³/mol. The second-order valence-electron chi connectivity index (χ2n) is 3.27. The van der Waals surface area contributed by atoms with E-state index in [1.807, 2.05) is 31.2 Å². The largest absolute Gasteiger partial charge is 0.340 e. The lowest BCUT2D eigenvalue weighted by molar-refractivity contribution is 0.821. The number of aryl methyl sites for hydroxylation is 1. The van der Waals surface area contributed by atoms with Gasteiger partial charge in [0, 0.05) is 19.8 Å². The molecule has 2 aromatic rings. The van der Waals surface area contributed by atoms with Crippen LogP contribution in [-0.2, 0) is 13.6 Å². The number of thiophene rings is 1. The van der Waals surface area contributed by atoms with E-state index in [0.29, 0.717) is 0 Å². The molecule has 0 atom stereocenters. The standard InChI is InChI=1S/C10H13N3S/c1-11-4-8-3-10(14-6-8)9-5-13(2)7-12-9/h3,5-7,11H,4H2,1-2H3. The van der Waals surface area contributed by atoms with Crippen molar-refractivity contribution < 1.29 is 0 Å². The van der Waals surface area contributed by atoms with Crippen molar-refractivity contribution in [1.29, 1.82) is 0 Å². The monoisotopic (exact) mass is 207 g/mol. The fraction of sp³-hybridized carbons (Fsp3) is 0.300. The third kappa shape index (κ3) is 1.86. The van der Waals surface area contributed by atoms with Crippen LogP contribution in [0.5, 0.6) is 0 Å². The zero-order valence-corrected chi connectivity index (χ0v) is 9.14. The highest BCUT2D eigenvalue weighted by molar-refractivity contribution is 7.13. The molecule has 0 saturated heterocycles. The molecule has 74 valence electrons. The minimum atomic E-state index is 0.920. The summed E-state index contributed by atoms with van der Waals surface area (Å²) in [7, 11) is 3.94. The molecule has 0 aromatic carbocycles. The van der Waals surface area contributed by atoms with Crippen molar-refractivity contribution in [3.05, 3.63) is 29.5 Å². The molecular weight excluding hydrogens is 194 g/mol. The third-order valence-electron chi connectivity index (χ3n) is 1.99. The van der Waals surface area contributed by atoms with Gasteiger partial charge in [-0.15, -0.1) is 11.3 Å². The summed E-state index contributed by atoms with van der Waals surface area (Å²) in [5.41, 5.74) is 2.37. The summed E-state index contributed by atoms with van der Waals surface area (Å²) < 4.78 is 1.97. The second-order valence-corrected chi connectivity index (χ2v) is 4.19. The summed E-state index contributed by atoms with van der Waals surface area (Å²) in [4.78, 5) is 5.54. The van der Waals surface area contributed by atoms with Gasteiger partial charge in [0.15, 0.2) is 0 Å². The van der Waals surface area contributed by atoms with Crippen LogP contribution in [0.2, 0.25) is 0 Å². The van der Waals surface area contributed by atoms with Gasteiger partial charge in [-0.1, -0.05) is 0 Å². The lowest BCUT2D eigenvalue weighted by atomic mass is 10.3. The Labute approximate surface area is 87.4 Å². The van der Waals surface area contributed by atoms with E-state index in [4.69, 9.17) is 0 Å². The van der Waals surface area contributed by atoms with Crippen LogP contribution in [0.1, 0.15) is 5.56 Å². The average molecular weight is 207 g/mol. The number of hydrogen-bond donors (Lipinski definition) is 1. The first-order valence-electron chi connectivity index (χ1n) is 4.50. The Morgan fingerprint density at radius 2 is 2.43 bits per heavy atom. The summed E-state index contributed by atoms with van der Waals surface area (Å²) in [5, 5.41) is 5.30. The van der Waals surface area contributed by atoms with Gasteiger partial charge in [0.2, 0.25) is 0 Å². The molecule has 2 rings (SSSR count). The van der Waals surface area contributed by atoms with Crippen molar-refractivity contribution in [1.82, 2.24) is 14.9 Å². The van der Waals surface area contributed by atoms with Gasteiger partial charge in [-0.2, -0.15) is 0 Å². The van der Waals surface area contributed by atoms with Gasteiger partial charge < -0.3 is 9.88 Å². The van der Waals surface area contributed by atoms with Crippen molar-refractivity contribution in [2.75, 3.05) is 7.05 Å². The highest BCUT2D eigenvalue weighted by Gasteiger charge is 2.04. The topological polar surface area (TPSA) is 29.9 Å². The van der Waals surface area contributed by atoms with Crippen molar-refractivity contribution in [3.63, 3.8) is 0 Å². The minimum Gasteiger partial charge on any atom is -0.340 e. The average Bonchev–Trinajstić information content (AvgIpc) is 2.74. The van der Waals surface area contributed by atoms with E-state index in [9.17, 15) is 0 Å². The molecule has 0 bridgehead atoms. The SMILES string of the molecule is CNCc1csc(-c2cn(C)cn2)c1. The zero-order valence-electron chi connectivity index (χ0n) is 8.32. The molecule has 0 aliphatic heterocycles. The van der Waals surface area contributed by atoms with Crippen molar-refractivity contribution in [3.8, 4) is 10.6 Å². The molecule has 14 heavy (non-hydrogen) atoms. The summed E-state index contributed by atoms with van der Waals surface area (Å²) in [6.07, 6.45) is 3.86. The first-order valence-corrected chi connectivity index (χ1v) is 5.38. The molecule has 3 nitrogen and oxygen atoms in total. The predicted octanol–water partition coefficient (Wildman–Crippen LogP) is 1.87. The molecule has 2 aromatic heterocycles. The molecule has 1 N–H and O–H groups in total. The Kier molecular flexibility index (Phi) is 2.65. The quantitative estimate of drug-likeness (QED) is 0.832. The molecule has 0 saturated carbocycles. The first kappa shape index (κ1) is 9.43. The van der Waals surface area contributed by atoms with Crippen LogP contribution in [0, 0.1) is 0 Å². The van der Waals surface area contributed by atoms with E-state index in [1.54, 1.807) is 11.3 Å². The summed E-state index contributed by atoms with van der Waals surface area (Å²) in [5.74, 6) is 0. The molecule has 0 amide bonds. The van der Waals surface area contributed by atoms with Gasteiger partial charge in [-0.25, -0.2) is 4.98 Å². The minimum absolute atomic E-state index is 0.920. The third-order valence-corrected chi connectivity index (χ3v) is 2.99. The maximum absolute atomic E-state index is 4.31. The van der Waals surface area contributed by atoms with Crippen LogP contribution >= 0.6 is 11.3 Å². The maximum Gasteiger partial charge on any atom is 0.0981 e. The summed E-state index contributed by atoms with van der Waals surface area (Å²) in [6, 6.07) is 2.18. The van der Waals surface area contributed by atoms with E-state index in [1.165, 1.54) is 10.4 Å². The molecule has 4 heteroatoms. The molecule has 0 spiro atoms. The van der Waals surface area contributed by atoms with Crippen LogP contribution in [0.25, 0.3) is 10.6 Å². The van der Waals surface area contributed by atoms with Crippen LogP contribution in [0.4, 0.5) is 0 Å². The Morgan fingerprint density at radius 1 is 1.57 bits per heavy atom. The molecule has 0 unspecified atom stereocenters. The van der Waals surface area contributed by atoms with E-state index >= 15 is 0 Å². The van der Waals surface area contributed by atoms with E-state index < -0.39 is 0 Å². The van der Waals surface area contributed by atoms with E-state index in [-0.39, 0.29) is 0 Å². The Hall–Kier alpha value is -1.13. The van der Waals surface area contributed by atoms with Gasteiger partial charge in [0.1, 0.15) is 0 Å². The number of nitrogens with zero attached hydrogens (tertiary/aromatic N) is 2. The Morgan fingerprint density at radius 3 is 3.07 bits per heavy atom. The summed E-state index contributed by atoms with van der Waals surface area (Å²) in [6.45, 7) is 0.920. The lowest BCUT2D eigenvalue weighted by Gasteiger charge is -1.91. The van der Waals surface area contributed by atoms with Gasteiger partial charge in [0.05, 0.1) is 16.9 Å². The fourth-order valence-electron chi connectivity index (χ4n) is 1.35. The molecule has 0 aliphatic carbocycles. The molecule has 0 fully saturated rings. The van der Waals surface area contributed by atoms with Crippen molar-refractivity contribution in [2.24, 2.45) is 7.05 Å². The molecule has 2 heterocycles. The van der Waals surface area contributed by atoms with Crippen LogP contribution < -0.4 is 5.32 Å². The Balaban J connectivity index is 2.24.